The predicted octanol–water partition coefficient (Wildman–Crippen LogP) is 5.24. The summed E-state index contributed by atoms with van der Waals surface area (Å²) >= 11 is 6.09. The molecule has 4 heterocycles. The fourth-order valence-electron chi connectivity index (χ4n) is 4.60. The molecule has 5 rings (SSSR count). The molecule has 0 saturated heterocycles. The molecule has 0 radical (unpaired) electrons. The topological polar surface area (TPSA) is 75.3 Å². The Hall–Kier alpha value is -2.96. The van der Waals surface area contributed by atoms with E-state index < -0.39 is 0 Å². The highest BCUT2D eigenvalue weighted by Crippen LogP contribution is 2.35. The zero-order chi connectivity index (χ0) is 22.0. The van der Waals surface area contributed by atoms with Crippen LogP contribution in [-0.2, 0) is 0 Å². The second-order valence-corrected chi connectivity index (χ2v) is 9.88. The number of fused-ring (bicyclic) bond motifs is 2. The molecule has 0 saturated carbocycles. The molecule has 0 bridgehead atoms. The highest BCUT2D eigenvalue weighted by molar-refractivity contribution is 6.31. The van der Waals surface area contributed by atoms with Gasteiger partial charge in [-0.25, -0.2) is 9.97 Å². The van der Waals surface area contributed by atoms with Gasteiger partial charge in [0.15, 0.2) is 0 Å². The minimum Gasteiger partial charge on any atom is -0.507 e. The molecule has 7 heteroatoms. The minimum atomic E-state index is -0.113. The third-order valence-electron chi connectivity index (χ3n) is 5.52. The third kappa shape index (κ3) is 3.77. The number of hydrogen-bond acceptors (Lipinski definition) is 5. The second kappa shape index (κ2) is 6.77. The van der Waals surface area contributed by atoms with Gasteiger partial charge in [0.05, 0.1) is 21.9 Å². The number of phenols is 1. The van der Waals surface area contributed by atoms with Crippen LogP contribution >= 0.6 is 11.6 Å². The average molecular weight is 434 g/mol. The number of rotatable bonds is 2. The molecule has 3 aromatic heterocycles. The minimum absolute atomic E-state index is 0.0197. The molecule has 0 aliphatic carbocycles. The maximum atomic E-state index is 10.6. The summed E-state index contributed by atoms with van der Waals surface area (Å²) in [5.74, 6) is 0.710. The van der Waals surface area contributed by atoms with E-state index in [1.807, 2.05) is 35.0 Å². The molecule has 0 spiro atoms. The monoisotopic (exact) mass is 433 g/mol. The van der Waals surface area contributed by atoms with Gasteiger partial charge in [-0.1, -0.05) is 17.7 Å². The molecule has 2 N–H and O–H groups in total. The van der Waals surface area contributed by atoms with Gasteiger partial charge >= 0.3 is 0 Å². The van der Waals surface area contributed by atoms with E-state index in [2.05, 4.69) is 44.1 Å². The van der Waals surface area contributed by atoms with Gasteiger partial charge in [-0.05, 0) is 57.9 Å². The van der Waals surface area contributed by atoms with Crippen molar-refractivity contribution in [3.63, 3.8) is 0 Å². The number of nitrogens with one attached hydrogen (secondary N) is 1. The number of hydrogen-bond donors (Lipinski definition) is 2. The number of aromatic nitrogens is 4. The molecule has 4 aromatic rings. The fourth-order valence-corrected chi connectivity index (χ4v) is 4.77. The zero-order valence-electron chi connectivity index (χ0n) is 17.9. The standard InChI is InChI=1S/C24H24ClN5O/c1-23(2)10-15(11-24(3,4)29-23)18-5-6-30-13-20(28-22(30)27-18)17-8-14-7-16(25)12-26-19(14)9-21(17)31/h5-10,12-13,29,31H,11H2,1-4H3. The number of halogens is 1. The van der Waals surface area contributed by atoms with E-state index in [1.54, 1.807) is 12.3 Å². The first-order valence-electron chi connectivity index (χ1n) is 10.2. The van der Waals surface area contributed by atoms with Crippen molar-refractivity contribution in [2.45, 2.75) is 45.2 Å². The summed E-state index contributed by atoms with van der Waals surface area (Å²) in [5, 5.41) is 15.6. The van der Waals surface area contributed by atoms with Gasteiger partial charge < -0.3 is 10.4 Å². The lowest BCUT2D eigenvalue weighted by atomic mass is 9.82. The number of imidazole rings is 1. The first kappa shape index (κ1) is 20.0. The Kier molecular flexibility index (Phi) is 4.36. The Labute approximate surface area is 185 Å². The Morgan fingerprint density at radius 2 is 1.87 bits per heavy atom. The van der Waals surface area contributed by atoms with Crippen molar-refractivity contribution in [3.8, 4) is 17.0 Å². The fraction of sp³-hybridized carbons (Fsp3) is 0.292. The van der Waals surface area contributed by atoms with Crippen molar-refractivity contribution < 1.29 is 5.11 Å². The first-order valence-corrected chi connectivity index (χ1v) is 10.6. The smallest absolute Gasteiger partial charge is 0.234 e. The van der Waals surface area contributed by atoms with Gasteiger partial charge in [-0.15, -0.1) is 0 Å². The molecule has 1 aromatic carbocycles. The lowest BCUT2D eigenvalue weighted by molar-refractivity contribution is 0.297. The molecular formula is C24H24ClN5O. The van der Waals surface area contributed by atoms with Crippen LogP contribution in [0.5, 0.6) is 5.75 Å². The van der Waals surface area contributed by atoms with Crippen LogP contribution in [-0.4, -0.2) is 35.5 Å². The summed E-state index contributed by atoms with van der Waals surface area (Å²) in [7, 11) is 0. The van der Waals surface area contributed by atoms with Gasteiger partial charge in [0, 0.05) is 46.7 Å². The maximum Gasteiger partial charge on any atom is 0.234 e. The molecule has 0 amide bonds. The Morgan fingerprint density at radius 3 is 2.65 bits per heavy atom. The van der Waals surface area contributed by atoms with E-state index in [0.717, 1.165) is 17.5 Å². The highest BCUT2D eigenvalue weighted by Gasteiger charge is 2.33. The molecule has 158 valence electrons. The quantitative estimate of drug-likeness (QED) is 0.452. The van der Waals surface area contributed by atoms with Crippen molar-refractivity contribution in [2.75, 3.05) is 0 Å². The molecule has 0 fully saturated rings. The molecule has 0 unspecified atom stereocenters. The summed E-state index contributed by atoms with van der Waals surface area (Å²) in [4.78, 5) is 13.8. The van der Waals surface area contributed by atoms with Crippen molar-refractivity contribution in [3.05, 3.63) is 59.6 Å². The SMILES string of the molecule is CC1(C)C=C(c2ccn3cc(-c4cc5cc(Cl)cnc5cc4O)nc3n2)CC(C)(C)N1. The van der Waals surface area contributed by atoms with Crippen molar-refractivity contribution >= 4 is 33.9 Å². The lowest BCUT2D eigenvalue weighted by Gasteiger charge is -2.41. The van der Waals surface area contributed by atoms with E-state index in [1.165, 1.54) is 5.57 Å². The Morgan fingerprint density at radius 1 is 1.10 bits per heavy atom. The van der Waals surface area contributed by atoms with Crippen molar-refractivity contribution in [2.24, 2.45) is 0 Å². The van der Waals surface area contributed by atoms with Crippen molar-refractivity contribution in [1.82, 2.24) is 24.7 Å². The van der Waals surface area contributed by atoms with Crippen molar-refractivity contribution in [1.29, 1.82) is 0 Å². The van der Waals surface area contributed by atoms with Crippen LogP contribution in [0, 0.1) is 0 Å². The second-order valence-electron chi connectivity index (χ2n) is 9.44. The molecular weight excluding hydrogens is 410 g/mol. The third-order valence-corrected chi connectivity index (χ3v) is 5.73. The maximum absolute atomic E-state index is 10.6. The van der Waals surface area contributed by atoms with Crippen LogP contribution in [0.25, 0.3) is 33.5 Å². The van der Waals surface area contributed by atoms with E-state index in [9.17, 15) is 5.11 Å². The van der Waals surface area contributed by atoms with Crippen LogP contribution in [0.3, 0.4) is 0 Å². The normalized spacial score (nSPS) is 17.8. The molecule has 1 aliphatic heterocycles. The molecule has 31 heavy (non-hydrogen) atoms. The van der Waals surface area contributed by atoms with E-state index in [-0.39, 0.29) is 16.8 Å². The molecule has 1 aliphatic rings. The summed E-state index contributed by atoms with van der Waals surface area (Å²) < 4.78 is 1.87. The van der Waals surface area contributed by atoms with Gasteiger partial charge in [-0.2, -0.15) is 0 Å². The van der Waals surface area contributed by atoms with Crippen LogP contribution in [0.1, 0.15) is 39.8 Å². The number of nitrogens with zero attached hydrogens (tertiary/aromatic N) is 4. The Balaban J connectivity index is 1.59. The number of phenolic OH excluding ortho intramolecular Hbond substituents is 1. The number of aromatic hydroxyl groups is 1. The van der Waals surface area contributed by atoms with E-state index in [0.29, 0.717) is 27.6 Å². The Bertz CT molecular complexity index is 1370. The molecule has 6 nitrogen and oxygen atoms in total. The van der Waals surface area contributed by atoms with Gasteiger partial charge in [0.2, 0.25) is 5.78 Å². The summed E-state index contributed by atoms with van der Waals surface area (Å²) in [6.07, 6.45) is 8.53. The van der Waals surface area contributed by atoms with Crippen LogP contribution < -0.4 is 5.32 Å². The summed E-state index contributed by atoms with van der Waals surface area (Å²) in [5.41, 5.74) is 3.93. The van der Waals surface area contributed by atoms with Crippen LogP contribution in [0.4, 0.5) is 0 Å². The van der Waals surface area contributed by atoms with Gasteiger partial charge in [-0.3, -0.25) is 9.38 Å². The van der Waals surface area contributed by atoms with Crippen LogP contribution in [0.2, 0.25) is 5.02 Å². The summed E-state index contributed by atoms with van der Waals surface area (Å²) in [6.45, 7) is 8.75. The first-order chi connectivity index (χ1) is 14.6. The zero-order valence-corrected chi connectivity index (χ0v) is 18.7. The lowest BCUT2D eigenvalue weighted by Crippen LogP contribution is -2.53. The van der Waals surface area contributed by atoms with Gasteiger partial charge in [0.1, 0.15) is 5.75 Å². The van der Waals surface area contributed by atoms with E-state index in [4.69, 9.17) is 21.6 Å². The summed E-state index contributed by atoms with van der Waals surface area (Å²) in [6, 6.07) is 7.33. The van der Waals surface area contributed by atoms with Crippen LogP contribution in [0.15, 0.2) is 48.9 Å². The highest BCUT2D eigenvalue weighted by atomic mass is 35.5. The van der Waals surface area contributed by atoms with E-state index >= 15 is 0 Å². The van der Waals surface area contributed by atoms with Gasteiger partial charge in [0.25, 0.3) is 0 Å². The number of pyridine rings is 1. The largest absolute Gasteiger partial charge is 0.507 e. The molecule has 0 atom stereocenters. The number of benzene rings is 1. The predicted molar refractivity (Wildman–Crippen MR) is 124 cm³/mol. The average Bonchev–Trinajstić information content (AvgIpc) is 3.08.